The first-order valence-electron chi connectivity index (χ1n) is 5.05. The highest BCUT2D eigenvalue weighted by molar-refractivity contribution is 6.33. The van der Waals surface area contributed by atoms with Crippen LogP contribution in [0.4, 0.5) is 17.1 Å². The molecule has 2 rings (SSSR count). The summed E-state index contributed by atoms with van der Waals surface area (Å²) in [4.78, 5) is 0. The van der Waals surface area contributed by atoms with Gasteiger partial charge in [-0.1, -0.05) is 29.8 Å². The fourth-order valence-corrected chi connectivity index (χ4v) is 1.68. The van der Waals surface area contributed by atoms with Gasteiger partial charge < -0.3 is 11.1 Å². The van der Waals surface area contributed by atoms with Crippen LogP contribution in [0.3, 0.4) is 0 Å². The third-order valence-corrected chi connectivity index (χ3v) is 2.85. The second-order valence-electron chi connectivity index (χ2n) is 3.62. The van der Waals surface area contributed by atoms with Crippen LogP contribution in [0.1, 0.15) is 5.56 Å². The first-order chi connectivity index (χ1) is 7.68. The molecular weight excluding hydrogens is 220 g/mol. The number of nitrogen functional groups attached to an aromatic ring is 1. The summed E-state index contributed by atoms with van der Waals surface area (Å²) >= 11 is 6.07. The van der Waals surface area contributed by atoms with Gasteiger partial charge in [0, 0.05) is 11.4 Å². The van der Waals surface area contributed by atoms with Gasteiger partial charge in [-0.25, -0.2) is 0 Å². The van der Waals surface area contributed by atoms with Crippen molar-refractivity contribution in [1.29, 1.82) is 0 Å². The standard InChI is InChI=1S/C13H13ClN2/c1-9-11(15)6-4-8-12(9)16-13-7-3-2-5-10(13)14/h2-8,16H,15H2,1H3. The summed E-state index contributed by atoms with van der Waals surface area (Å²) < 4.78 is 0. The van der Waals surface area contributed by atoms with E-state index in [2.05, 4.69) is 5.32 Å². The lowest BCUT2D eigenvalue weighted by molar-refractivity contribution is 1.43. The van der Waals surface area contributed by atoms with E-state index >= 15 is 0 Å². The maximum Gasteiger partial charge on any atom is 0.0640 e. The summed E-state index contributed by atoms with van der Waals surface area (Å²) in [6.45, 7) is 1.98. The van der Waals surface area contributed by atoms with Crippen LogP contribution < -0.4 is 11.1 Å². The van der Waals surface area contributed by atoms with Crippen LogP contribution in [0.25, 0.3) is 0 Å². The van der Waals surface area contributed by atoms with Gasteiger partial charge in [-0.05, 0) is 36.8 Å². The van der Waals surface area contributed by atoms with Gasteiger partial charge in [0.05, 0.1) is 10.7 Å². The molecule has 0 aromatic heterocycles. The fourth-order valence-electron chi connectivity index (χ4n) is 1.50. The molecule has 0 aliphatic heterocycles. The van der Waals surface area contributed by atoms with Crippen LogP contribution in [-0.2, 0) is 0 Å². The van der Waals surface area contributed by atoms with Gasteiger partial charge in [0.1, 0.15) is 0 Å². The Labute approximate surface area is 100 Å². The highest BCUT2D eigenvalue weighted by atomic mass is 35.5. The summed E-state index contributed by atoms with van der Waals surface area (Å²) in [5, 5.41) is 3.97. The second-order valence-corrected chi connectivity index (χ2v) is 4.03. The molecule has 0 aliphatic rings. The van der Waals surface area contributed by atoms with E-state index < -0.39 is 0 Å². The molecule has 0 fully saturated rings. The maximum atomic E-state index is 6.07. The smallest absolute Gasteiger partial charge is 0.0640 e. The zero-order valence-electron chi connectivity index (χ0n) is 9.00. The summed E-state index contributed by atoms with van der Waals surface area (Å²) in [6, 6.07) is 13.4. The van der Waals surface area contributed by atoms with E-state index in [9.17, 15) is 0 Å². The van der Waals surface area contributed by atoms with Crippen molar-refractivity contribution in [1.82, 2.24) is 0 Å². The maximum absolute atomic E-state index is 6.07. The Morgan fingerprint density at radius 2 is 1.69 bits per heavy atom. The van der Waals surface area contributed by atoms with Gasteiger partial charge in [-0.3, -0.25) is 0 Å². The van der Waals surface area contributed by atoms with Gasteiger partial charge in [-0.15, -0.1) is 0 Å². The zero-order valence-corrected chi connectivity index (χ0v) is 9.75. The second kappa shape index (κ2) is 4.45. The molecule has 2 nitrogen and oxygen atoms in total. The quantitative estimate of drug-likeness (QED) is 0.769. The number of benzene rings is 2. The van der Waals surface area contributed by atoms with Gasteiger partial charge in [0.25, 0.3) is 0 Å². The molecule has 0 saturated heterocycles. The molecule has 0 aliphatic carbocycles. The predicted octanol–water partition coefficient (Wildman–Crippen LogP) is 3.97. The highest BCUT2D eigenvalue weighted by Gasteiger charge is 2.03. The number of anilines is 3. The van der Waals surface area contributed by atoms with Crippen molar-refractivity contribution in [2.24, 2.45) is 0 Å². The Balaban J connectivity index is 2.35. The molecular formula is C13H13ClN2. The van der Waals surface area contributed by atoms with Crippen LogP contribution in [0.2, 0.25) is 5.02 Å². The van der Waals surface area contributed by atoms with Crippen LogP contribution in [0, 0.1) is 6.92 Å². The van der Waals surface area contributed by atoms with Crippen molar-refractivity contribution >= 4 is 28.7 Å². The molecule has 3 heteroatoms. The molecule has 0 radical (unpaired) electrons. The van der Waals surface area contributed by atoms with Crippen molar-refractivity contribution in [3.63, 3.8) is 0 Å². The average Bonchev–Trinajstić information content (AvgIpc) is 2.28. The molecule has 0 saturated carbocycles. The zero-order chi connectivity index (χ0) is 11.5. The molecule has 3 N–H and O–H groups in total. The number of nitrogens with one attached hydrogen (secondary N) is 1. The van der Waals surface area contributed by atoms with E-state index in [0.29, 0.717) is 5.02 Å². The summed E-state index contributed by atoms with van der Waals surface area (Å²) in [5.41, 5.74) is 9.51. The van der Waals surface area contributed by atoms with E-state index in [4.69, 9.17) is 17.3 Å². The predicted molar refractivity (Wildman–Crippen MR) is 70.3 cm³/mol. The number of rotatable bonds is 2. The molecule has 2 aromatic rings. The van der Waals surface area contributed by atoms with Crippen molar-refractivity contribution in [3.8, 4) is 0 Å². The number of hydrogen-bond acceptors (Lipinski definition) is 2. The number of para-hydroxylation sites is 1. The summed E-state index contributed by atoms with van der Waals surface area (Å²) in [7, 11) is 0. The van der Waals surface area contributed by atoms with Crippen LogP contribution in [0.15, 0.2) is 42.5 Å². The monoisotopic (exact) mass is 232 g/mol. The van der Waals surface area contributed by atoms with Gasteiger partial charge >= 0.3 is 0 Å². The van der Waals surface area contributed by atoms with E-state index in [1.165, 1.54) is 0 Å². The van der Waals surface area contributed by atoms with E-state index in [-0.39, 0.29) is 0 Å². The Morgan fingerprint density at radius 1 is 1.00 bits per heavy atom. The van der Waals surface area contributed by atoms with Gasteiger partial charge in [0.2, 0.25) is 0 Å². The third kappa shape index (κ3) is 2.12. The first kappa shape index (κ1) is 10.8. The number of nitrogens with two attached hydrogens (primary N) is 1. The lowest BCUT2D eigenvalue weighted by Gasteiger charge is -2.12. The van der Waals surface area contributed by atoms with Crippen LogP contribution >= 0.6 is 11.6 Å². The number of hydrogen-bond donors (Lipinski definition) is 2. The molecule has 0 atom stereocenters. The normalized spacial score (nSPS) is 10.1. The van der Waals surface area contributed by atoms with Crippen molar-refractivity contribution < 1.29 is 0 Å². The first-order valence-corrected chi connectivity index (χ1v) is 5.43. The Morgan fingerprint density at radius 3 is 2.44 bits per heavy atom. The average molecular weight is 233 g/mol. The molecule has 0 amide bonds. The Bertz CT molecular complexity index is 509. The summed E-state index contributed by atoms with van der Waals surface area (Å²) in [5.74, 6) is 0. The summed E-state index contributed by atoms with van der Waals surface area (Å²) in [6.07, 6.45) is 0. The third-order valence-electron chi connectivity index (χ3n) is 2.52. The van der Waals surface area contributed by atoms with Crippen molar-refractivity contribution in [2.45, 2.75) is 6.92 Å². The lowest BCUT2D eigenvalue weighted by Crippen LogP contribution is -1.97. The van der Waals surface area contributed by atoms with Gasteiger partial charge in [0.15, 0.2) is 0 Å². The lowest BCUT2D eigenvalue weighted by atomic mass is 10.1. The molecule has 82 valence electrons. The van der Waals surface area contributed by atoms with E-state index in [1.807, 2.05) is 49.4 Å². The molecule has 0 spiro atoms. The van der Waals surface area contributed by atoms with E-state index in [1.54, 1.807) is 0 Å². The molecule has 0 heterocycles. The fraction of sp³-hybridized carbons (Fsp3) is 0.0769. The Hall–Kier alpha value is -1.67. The van der Waals surface area contributed by atoms with Crippen molar-refractivity contribution in [2.75, 3.05) is 11.1 Å². The minimum absolute atomic E-state index is 0.698. The van der Waals surface area contributed by atoms with Gasteiger partial charge in [-0.2, -0.15) is 0 Å². The molecule has 0 bridgehead atoms. The Kier molecular flexibility index (Phi) is 3.02. The molecule has 2 aromatic carbocycles. The van der Waals surface area contributed by atoms with Crippen LogP contribution in [0.5, 0.6) is 0 Å². The minimum Gasteiger partial charge on any atom is -0.398 e. The highest BCUT2D eigenvalue weighted by Crippen LogP contribution is 2.28. The largest absolute Gasteiger partial charge is 0.398 e. The molecule has 0 unspecified atom stereocenters. The SMILES string of the molecule is Cc1c(N)cccc1Nc1ccccc1Cl. The number of halogens is 1. The van der Waals surface area contributed by atoms with Crippen LogP contribution in [-0.4, -0.2) is 0 Å². The topological polar surface area (TPSA) is 38.0 Å². The molecule has 16 heavy (non-hydrogen) atoms. The van der Waals surface area contributed by atoms with Crippen molar-refractivity contribution in [3.05, 3.63) is 53.1 Å². The minimum atomic E-state index is 0.698. The van der Waals surface area contributed by atoms with E-state index in [0.717, 1.165) is 22.6 Å².